The van der Waals surface area contributed by atoms with Gasteiger partial charge in [0.15, 0.2) is 0 Å². The third kappa shape index (κ3) is 5.83. The lowest BCUT2D eigenvalue weighted by Gasteiger charge is -2.12. The van der Waals surface area contributed by atoms with Crippen molar-refractivity contribution in [2.24, 2.45) is 0 Å². The average molecular weight is 441 g/mol. The first-order valence-electron chi connectivity index (χ1n) is 10.6. The molecule has 0 aliphatic heterocycles. The molecule has 7 heteroatoms. The Morgan fingerprint density at radius 2 is 1.52 bits per heavy atom. The number of nitriles is 2. The van der Waals surface area contributed by atoms with Crippen LogP contribution in [0.1, 0.15) is 58.3 Å². The number of quaternary nitrogens is 1. The quantitative estimate of drug-likeness (QED) is 0.424. The fourth-order valence-corrected chi connectivity index (χ4v) is 4.52. The van der Waals surface area contributed by atoms with Gasteiger partial charge in [-0.3, -0.25) is 0 Å². The number of aliphatic hydroxyl groups excluding tert-OH is 2. The summed E-state index contributed by atoms with van der Waals surface area (Å²) in [5.41, 5.74) is 6.49. The van der Waals surface area contributed by atoms with E-state index < -0.39 is 0 Å². The van der Waals surface area contributed by atoms with Gasteiger partial charge in [-0.2, -0.15) is 10.5 Å². The number of halogens is 1. The molecule has 2 unspecified atom stereocenters. The summed E-state index contributed by atoms with van der Waals surface area (Å²) in [6, 6.07) is 17.0. The molecule has 2 atom stereocenters. The molecule has 0 fully saturated rings. The van der Waals surface area contributed by atoms with Crippen LogP contribution in [0.3, 0.4) is 0 Å². The van der Waals surface area contributed by atoms with Gasteiger partial charge in [0, 0.05) is 24.6 Å². The van der Waals surface area contributed by atoms with Crippen molar-refractivity contribution < 1.29 is 27.9 Å². The number of nitrogens with two attached hydrogens (primary N) is 1. The Morgan fingerprint density at radius 1 is 0.903 bits per heavy atom. The fourth-order valence-electron chi connectivity index (χ4n) is 4.52. The topological polar surface area (TPSA) is 117 Å². The van der Waals surface area contributed by atoms with Crippen LogP contribution in [0.15, 0.2) is 36.4 Å². The van der Waals surface area contributed by atoms with E-state index in [-0.39, 0.29) is 25.6 Å². The molecule has 0 saturated heterocycles. The molecular weight excluding hydrogens is 412 g/mol. The van der Waals surface area contributed by atoms with Crippen molar-refractivity contribution >= 4 is 0 Å². The van der Waals surface area contributed by atoms with Gasteiger partial charge < -0.3 is 33.3 Å². The van der Waals surface area contributed by atoms with E-state index in [4.69, 9.17) is 20.7 Å². The fraction of sp³-hybridized carbons (Fsp3) is 0.417. The van der Waals surface area contributed by atoms with Gasteiger partial charge >= 0.3 is 0 Å². The maximum absolute atomic E-state index is 8.96. The van der Waals surface area contributed by atoms with Crippen LogP contribution >= 0.6 is 0 Å². The standard InChI is InChI=1S/2C12H14N2O.ClH/c2*13-8-9-2-1-3-11-10(9)4-5-12(11)14-6-7-15;/h2*1-3,12,14-15H,4-7H2;1H. The average Bonchev–Trinajstić information content (AvgIpc) is 3.40. The molecule has 4 rings (SSSR count). The molecule has 2 aromatic rings. The highest BCUT2D eigenvalue weighted by Gasteiger charge is 2.26. The highest BCUT2D eigenvalue weighted by molar-refractivity contribution is 5.47. The first-order chi connectivity index (χ1) is 14.7. The van der Waals surface area contributed by atoms with Crippen LogP contribution in [0, 0.1) is 22.7 Å². The number of nitrogens with one attached hydrogen (secondary N) is 1. The Bertz CT molecular complexity index is 874. The number of benzene rings is 2. The second kappa shape index (κ2) is 12.4. The van der Waals surface area contributed by atoms with E-state index in [0.29, 0.717) is 18.6 Å². The van der Waals surface area contributed by atoms with Crippen LogP contribution in [-0.4, -0.2) is 36.5 Å². The van der Waals surface area contributed by atoms with E-state index in [1.54, 1.807) is 0 Å². The van der Waals surface area contributed by atoms with Gasteiger partial charge in [0.05, 0.1) is 43.0 Å². The van der Waals surface area contributed by atoms with E-state index in [0.717, 1.165) is 43.4 Å². The van der Waals surface area contributed by atoms with Crippen molar-refractivity contribution in [2.75, 3.05) is 26.3 Å². The zero-order valence-electron chi connectivity index (χ0n) is 17.5. The summed E-state index contributed by atoms with van der Waals surface area (Å²) in [7, 11) is 0. The SMILES string of the molecule is N#Cc1cccc2c1CCC2NCCO.N#Cc1cccc2c1CCC2[NH2+]CCO.[Cl-]. The third-order valence-electron chi connectivity index (χ3n) is 5.91. The van der Waals surface area contributed by atoms with Crippen LogP contribution in [0.4, 0.5) is 0 Å². The lowest BCUT2D eigenvalue weighted by Crippen LogP contribution is -3.00. The predicted molar refractivity (Wildman–Crippen MR) is 113 cm³/mol. The molecule has 0 spiro atoms. The van der Waals surface area contributed by atoms with Gasteiger partial charge in [0.1, 0.15) is 6.04 Å². The second-order valence-corrected chi connectivity index (χ2v) is 7.63. The molecule has 0 radical (unpaired) electrons. The molecule has 0 aromatic heterocycles. The van der Waals surface area contributed by atoms with Gasteiger partial charge in [0.2, 0.25) is 0 Å². The van der Waals surface area contributed by atoms with Crippen molar-refractivity contribution in [2.45, 2.75) is 37.8 Å². The lowest BCUT2D eigenvalue weighted by atomic mass is 10.0. The first-order valence-corrected chi connectivity index (χ1v) is 10.6. The van der Waals surface area contributed by atoms with Crippen LogP contribution in [0.2, 0.25) is 0 Å². The number of rotatable bonds is 6. The molecule has 0 amide bonds. The van der Waals surface area contributed by atoms with Crippen molar-refractivity contribution in [1.29, 1.82) is 10.5 Å². The minimum atomic E-state index is 0. The Morgan fingerprint density at radius 3 is 2.13 bits per heavy atom. The van der Waals surface area contributed by atoms with E-state index in [9.17, 15) is 0 Å². The highest BCUT2D eigenvalue weighted by Crippen LogP contribution is 2.33. The van der Waals surface area contributed by atoms with Crippen molar-refractivity contribution in [3.8, 4) is 12.1 Å². The Labute approximate surface area is 189 Å². The summed E-state index contributed by atoms with van der Waals surface area (Å²) in [5, 5.41) is 40.9. The molecule has 31 heavy (non-hydrogen) atoms. The summed E-state index contributed by atoms with van der Waals surface area (Å²) in [6.45, 7) is 1.72. The van der Waals surface area contributed by atoms with Crippen LogP contribution < -0.4 is 23.0 Å². The first kappa shape index (κ1) is 24.8. The van der Waals surface area contributed by atoms with E-state index in [1.807, 2.05) is 24.3 Å². The summed E-state index contributed by atoms with van der Waals surface area (Å²) in [6.07, 6.45) is 4.05. The molecule has 6 nitrogen and oxygen atoms in total. The third-order valence-corrected chi connectivity index (χ3v) is 5.91. The lowest BCUT2D eigenvalue weighted by molar-refractivity contribution is -0.696. The summed E-state index contributed by atoms with van der Waals surface area (Å²) in [5.74, 6) is 0. The van der Waals surface area contributed by atoms with Crippen LogP contribution in [0.25, 0.3) is 0 Å². The van der Waals surface area contributed by atoms with Crippen molar-refractivity contribution in [3.63, 3.8) is 0 Å². The van der Waals surface area contributed by atoms with E-state index in [2.05, 4.69) is 34.9 Å². The number of fused-ring (bicyclic) bond motifs is 2. The smallest absolute Gasteiger partial charge is 0.112 e. The second-order valence-electron chi connectivity index (χ2n) is 7.63. The van der Waals surface area contributed by atoms with Gasteiger partial charge in [-0.15, -0.1) is 0 Å². The minimum absolute atomic E-state index is 0. The van der Waals surface area contributed by atoms with E-state index >= 15 is 0 Å². The normalized spacial score (nSPS) is 17.9. The number of hydrogen-bond donors (Lipinski definition) is 4. The zero-order valence-corrected chi connectivity index (χ0v) is 18.3. The highest BCUT2D eigenvalue weighted by atomic mass is 35.5. The molecule has 0 heterocycles. The summed E-state index contributed by atoms with van der Waals surface area (Å²) >= 11 is 0. The Kier molecular flexibility index (Phi) is 9.94. The molecule has 0 bridgehead atoms. The Hall–Kier alpha value is -2.45. The molecule has 2 aliphatic rings. The van der Waals surface area contributed by atoms with E-state index in [1.165, 1.54) is 22.3 Å². The number of nitrogens with zero attached hydrogens (tertiary/aromatic N) is 2. The molecule has 164 valence electrons. The van der Waals surface area contributed by atoms with Crippen molar-refractivity contribution in [1.82, 2.24) is 5.32 Å². The summed E-state index contributed by atoms with van der Waals surface area (Å²) in [4.78, 5) is 0. The molecule has 0 saturated carbocycles. The van der Waals surface area contributed by atoms with Crippen LogP contribution in [-0.2, 0) is 12.8 Å². The minimum Gasteiger partial charge on any atom is -1.00 e. The van der Waals surface area contributed by atoms with Crippen molar-refractivity contribution in [3.05, 3.63) is 69.8 Å². The van der Waals surface area contributed by atoms with Gasteiger partial charge in [-0.1, -0.05) is 24.3 Å². The number of hydrogen-bond acceptors (Lipinski definition) is 5. The van der Waals surface area contributed by atoms with Gasteiger partial charge in [-0.25, -0.2) is 0 Å². The zero-order chi connectivity index (χ0) is 21.3. The maximum atomic E-state index is 8.96. The summed E-state index contributed by atoms with van der Waals surface area (Å²) < 4.78 is 0. The number of aliphatic hydroxyl groups is 2. The van der Waals surface area contributed by atoms with Gasteiger partial charge in [-0.05, 0) is 48.1 Å². The predicted octanol–water partition coefficient (Wildman–Crippen LogP) is -1.77. The largest absolute Gasteiger partial charge is 1.00 e. The molecule has 2 aromatic carbocycles. The van der Waals surface area contributed by atoms with Crippen LogP contribution in [0.5, 0.6) is 0 Å². The van der Waals surface area contributed by atoms with Gasteiger partial charge in [0.25, 0.3) is 0 Å². The molecular formula is C24H29ClN4O2. The monoisotopic (exact) mass is 440 g/mol. The maximum Gasteiger partial charge on any atom is 0.112 e. The Balaban J connectivity index is 0.000000213. The molecule has 5 N–H and O–H groups in total. The molecule has 2 aliphatic carbocycles.